The Labute approximate surface area is 145 Å². The van der Waals surface area contributed by atoms with Gasteiger partial charge < -0.3 is 11.1 Å². The third-order valence-electron chi connectivity index (χ3n) is 4.54. The molecule has 1 aliphatic heterocycles. The van der Waals surface area contributed by atoms with Crippen LogP contribution >= 0.6 is 11.6 Å². The molecule has 0 bridgehead atoms. The van der Waals surface area contributed by atoms with E-state index in [4.69, 9.17) is 17.3 Å². The number of benzene rings is 1. The maximum atomic E-state index is 12.6. The van der Waals surface area contributed by atoms with Crippen LogP contribution in [0.3, 0.4) is 0 Å². The molecule has 0 radical (unpaired) electrons. The molecule has 1 aliphatic rings. The molecule has 6 nitrogen and oxygen atoms in total. The number of aromatic nitrogens is 2. The van der Waals surface area contributed by atoms with Gasteiger partial charge in [0.1, 0.15) is 0 Å². The number of halogens is 1. The number of fused-ring (bicyclic) bond motifs is 1. The molecule has 1 aromatic heterocycles. The molecule has 3 rings (SSSR count). The van der Waals surface area contributed by atoms with E-state index in [0.29, 0.717) is 22.3 Å². The molecule has 2 unspecified atom stereocenters. The van der Waals surface area contributed by atoms with Crippen molar-refractivity contribution in [1.82, 2.24) is 14.9 Å². The number of carbonyl (C=O) groups is 1. The lowest BCUT2D eigenvalue weighted by atomic mass is 9.95. The molecule has 0 spiro atoms. The van der Waals surface area contributed by atoms with Gasteiger partial charge in [-0.1, -0.05) is 11.6 Å². The smallest absolute Gasteiger partial charge is 0.261 e. The van der Waals surface area contributed by atoms with Crippen LogP contribution in [0.1, 0.15) is 24.8 Å². The molecule has 0 saturated carbocycles. The Morgan fingerprint density at radius 1 is 1.50 bits per heavy atom. The van der Waals surface area contributed by atoms with Gasteiger partial charge in [0.2, 0.25) is 0 Å². The molecule has 2 aromatic rings. The van der Waals surface area contributed by atoms with E-state index in [0.717, 1.165) is 24.9 Å². The van der Waals surface area contributed by atoms with Crippen molar-refractivity contribution in [2.45, 2.75) is 44.8 Å². The summed E-state index contributed by atoms with van der Waals surface area (Å²) < 4.78 is 1.34. The molecule has 0 aliphatic carbocycles. The molecule has 128 valence electrons. The molecular weight excluding hydrogens is 328 g/mol. The van der Waals surface area contributed by atoms with Gasteiger partial charge in [0.05, 0.1) is 23.8 Å². The Balaban J connectivity index is 1.79. The van der Waals surface area contributed by atoms with Crippen molar-refractivity contribution in [3.8, 4) is 0 Å². The van der Waals surface area contributed by atoms with Gasteiger partial charge in [-0.3, -0.25) is 14.2 Å². The average molecular weight is 349 g/mol. The summed E-state index contributed by atoms with van der Waals surface area (Å²) in [5, 5.41) is 4.22. The van der Waals surface area contributed by atoms with Gasteiger partial charge in [0.25, 0.3) is 5.56 Å². The number of nitrogens with two attached hydrogens (primary N) is 1. The number of piperidine rings is 1. The minimum atomic E-state index is -0.254. The van der Waals surface area contributed by atoms with E-state index in [-0.39, 0.29) is 30.0 Å². The Bertz CT molecular complexity index is 833. The summed E-state index contributed by atoms with van der Waals surface area (Å²) in [5.74, 6) is -0.0358. The number of aryl methyl sites for hydroxylation is 1. The number of carbonyl (C=O) groups excluding carboxylic acids is 1. The number of Topliss-reactive ketones (excluding diaryl/α,β-unsaturated/α-hetero) is 1. The van der Waals surface area contributed by atoms with Crippen molar-refractivity contribution in [2.75, 3.05) is 6.54 Å². The molecule has 0 amide bonds. The summed E-state index contributed by atoms with van der Waals surface area (Å²) in [6.45, 7) is 2.73. The van der Waals surface area contributed by atoms with Crippen molar-refractivity contribution < 1.29 is 4.79 Å². The van der Waals surface area contributed by atoms with E-state index in [1.54, 1.807) is 12.1 Å². The van der Waals surface area contributed by atoms with Gasteiger partial charge in [-0.2, -0.15) is 0 Å². The van der Waals surface area contributed by atoms with Gasteiger partial charge in [0.15, 0.2) is 5.78 Å². The van der Waals surface area contributed by atoms with Gasteiger partial charge in [0, 0.05) is 23.5 Å². The van der Waals surface area contributed by atoms with Crippen molar-refractivity contribution >= 4 is 28.3 Å². The highest BCUT2D eigenvalue weighted by Crippen LogP contribution is 2.19. The predicted octanol–water partition coefficient (Wildman–Crippen LogP) is 1.40. The molecule has 7 heteroatoms. The summed E-state index contributed by atoms with van der Waals surface area (Å²) in [4.78, 5) is 29.2. The van der Waals surface area contributed by atoms with Crippen LogP contribution in [0.2, 0.25) is 5.02 Å². The summed E-state index contributed by atoms with van der Waals surface area (Å²) in [6.07, 6.45) is 3.69. The second-order valence-electron chi connectivity index (χ2n) is 6.41. The Kier molecular flexibility index (Phi) is 4.99. The van der Waals surface area contributed by atoms with E-state index in [1.807, 2.05) is 6.92 Å². The molecule has 2 atom stereocenters. The Morgan fingerprint density at radius 2 is 2.29 bits per heavy atom. The van der Waals surface area contributed by atoms with Crippen LogP contribution < -0.4 is 16.6 Å². The fourth-order valence-corrected chi connectivity index (χ4v) is 3.26. The quantitative estimate of drug-likeness (QED) is 0.871. The van der Waals surface area contributed by atoms with Crippen molar-refractivity contribution in [3.05, 3.63) is 39.4 Å². The zero-order valence-electron chi connectivity index (χ0n) is 13.6. The summed E-state index contributed by atoms with van der Waals surface area (Å²) in [7, 11) is 0. The highest BCUT2D eigenvalue weighted by molar-refractivity contribution is 6.32. The monoisotopic (exact) mass is 348 g/mol. The van der Waals surface area contributed by atoms with Crippen LogP contribution in [0, 0.1) is 6.92 Å². The van der Waals surface area contributed by atoms with Crippen LogP contribution in [0.25, 0.3) is 10.9 Å². The SMILES string of the molecule is Cc1cc2ncn(CC(=O)CC3NCCCC3N)c(=O)c2cc1Cl. The van der Waals surface area contributed by atoms with Gasteiger partial charge in [-0.15, -0.1) is 0 Å². The lowest BCUT2D eigenvalue weighted by molar-refractivity contribution is -0.120. The normalized spacial score (nSPS) is 21.1. The maximum absolute atomic E-state index is 12.6. The zero-order valence-corrected chi connectivity index (χ0v) is 14.3. The minimum Gasteiger partial charge on any atom is -0.326 e. The van der Waals surface area contributed by atoms with E-state index in [2.05, 4.69) is 10.3 Å². The van der Waals surface area contributed by atoms with E-state index < -0.39 is 0 Å². The first-order chi connectivity index (χ1) is 11.5. The number of ketones is 1. The molecule has 1 saturated heterocycles. The standard InChI is InChI=1S/C17H21ClN4O2/c1-10-5-15-12(7-13(10)18)17(24)22(9-21-15)8-11(23)6-16-14(19)3-2-4-20-16/h5,7,9,14,16,20H,2-4,6,8,19H2,1H3. The lowest BCUT2D eigenvalue weighted by Crippen LogP contribution is -2.50. The zero-order chi connectivity index (χ0) is 17.3. The van der Waals surface area contributed by atoms with Crippen molar-refractivity contribution in [2.24, 2.45) is 5.73 Å². The summed E-state index contributed by atoms with van der Waals surface area (Å²) >= 11 is 6.10. The molecular formula is C17H21ClN4O2. The van der Waals surface area contributed by atoms with Gasteiger partial charge in [-0.05, 0) is 44.0 Å². The second kappa shape index (κ2) is 7.01. The summed E-state index contributed by atoms with van der Waals surface area (Å²) in [6, 6.07) is 3.35. The number of nitrogens with one attached hydrogen (secondary N) is 1. The second-order valence-corrected chi connectivity index (χ2v) is 6.81. The molecule has 3 N–H and O–H groups in total. The molecule has 24 heavy (non-hydrogen) atoms. The van der Waals surface area contributed by atoms with Crippen LogP contribution in [0.15, 0.2) is 23.3 Å². The highest BCUT2D eigenvalue weighted by atomic mass is 35.5. The maximum Gasteiger partial charge on any atom is 0.261 e. The molecule has 2 heterocycles. The number of nitrogens with zero attached hydrogens (tertiary/aromatic N) is 2. The number of hydrogen-bond donors (Lipinski definition) is 2. The third-order valence-corrected chi connectivity index (χ3v) is 4.94. The van der Waals surface area contributed by atoms with E-state index in [1.165, 1.54) is 10.9 Å². The topological polar surface area (TPSA) is 90.0 Å². The largest absolute Gasteiger partial charge is 0.326 e. The number of rotatable bonds is 4. The first kappa shape index (κ1) is 17.1. The first-order valence-corrected chi connectivity index (χ1v) is 8.49. The van der Waals surface area contributed by atoms with Crippen LogP contribution in [-0.2, 0) is 11.3 Å². The number of hydrogen-bond acceptors (Lipinski definition) is 5. The van der Waals surface area contributed by atoms with E-state index >= 15 is 0 Å². The van der Waals surface area contributed by atoms with E-state index in [9.17, 15) is 9.59 Å². The average Bonchev–Trinajstić information content (AvgIpc) is 2.54. The molecule has 1 aromatic carbocycles. The van der Waals surface area contributed by atoms with Crippen LogP contribution in [-0.4, -0.2) is 34.0 Å². The Morgan fingerprint density at radius 3 is 3.04 bits per heavy atom. The highest BCUT2D eigenvalue weighted by Gasteiger charge is 2.23. The van der Waals surface area contributed by atoms with Crippen LogP contribution in [0.4, 0.5) is 0 Å². The van der Waals surface area contributed by atoms with Crippen molar-refractivity contribution in [1.29, 1.82) is 0 Å². The minimum absolute atomic E-state index is 0.00182. The van der Waals surface area contributed by atoms with Gasteiger partial charge >= 0.3 is 0 Å². The lowest BCUT2D eigenvalue weighted by Gasteiger charge is -2.29. The third kappa shape index (κ3) is 3.50. The predicted molar refractivity (Wildman–Crippen MR) is 94.4 cm³/mol. The Hall–Kier alpha value is -1.76. The van der Waals surface area contributed by atoms with Crippen molar-refractivity contribution in [3.63, 3.8) is 0 Å². The van der Waals surface area contributed by atoms with Crippen LogP contribution in [0.5, 0.6) is 0 Å². The first-order valence-electron chi connectivity index (χ1n) is 8.11. The fraction of sp³-hybridized carbons (Fsp3) is 0.471. The molecule has 1 fully saturated rings. The fourth-order valence-electron chi connectivity index (χ4n) is 3.10. The van der Waals surface area contributed by atoms with Gasteiger partial charge in [-0.25, -0.2) is 4.98 Å². The summed E-state index contributed by atoms with van der Waals surface area (Å²) in [5.41, 5.74) is 7.24.